The first-order valence-electron chi connectivity index (χ1n) is 3.61. The molecule has 68 valence electrons. The molecule has 0 spiro atoms. The van der Waals surface area contributed by atoms with Gasteiger partial charge in [-0.1, -0.05) is 37.0 Å². The molecule has 1 fully saturated rings. The molecule has 0 aliphatic heterocycles. The molecule has 1 saturated carbocycles. The van der Waals surface area contributed by atoms with E-state index in [1.54, 1.807) is 13.8 Å². The topological polar surface area (TPSA) is 17.1 Å². The Morgan fingerprint density at radius 3 is 2.33 bits per heavy atom. The van der Waals surface area contributed by atoms with Crippen molar-refractivity contribution >= 4 is 29.0 Å². The van der Waals surface area contributed by atoms with Crippen LogP contribution < -0.4 is 0 Å². The van der Waals surface area contributed by atoms with Crippen LogP contribution in [0.1, 0.15) is 20.3 Å². The van der Waals surface area contributed by atoms with Crippen LogP contribution in [0.4, 0.5) is 4.39 Å². The van der Waals surface area contributed by atoms with Crippen molar-refractivity contribution in [2.45, 2.75) is 20.3 Å². The van der Waals surface area contributed by atoms with Gasteiger partial charge < -0.3 is 0 Å². The first-order chi connectivity index (χ1) is 5.37. The highest BCUT2D eigenvalue weighted by Crippen LogP contribution is 2.48. The van der Waals surface area contributed by atoms with E-state index in [4.69, 9.17) is 23.2 Å². The number of halogens is 3. The maximum atomic E-state index is 13.1. The van der Waals surface area contributed by atoms with Crippen LogP contribution in [0, 0.1) is 11.3 Å². The molecule has 0 bridgehead atoms. The van der Waals surface area contributed by atoms with E-state index in [2.05, 4.69) is 0 Å². The summed E-state index contributed by atoms with van der Waals surface area (Å²) in [5.74, 6) is -0.949. The third-order valence-corrected chi connectivity index (χ3v) is 2.83. The van der Waals surface area contributed by atoms with Crippen molar-refractivity contribution in [1.29, 1.82) is 0 Å². The van der Waals surface area contributed by atoms with Gasteiger partial charge in [-0.2, -0.15) is 0 Å². The second kappa shape index (κ2) is 3.00. The standard InChI is InChI=1S/C8H9Cl2FO/c1-8(2)4(3-5(8)12)6(11)7(9)10/h4H,3H2,1-2H3. The number of hydrogen-bond acceptors (Lipinski definition) is 1. The highest BCUT2D eigenvalue weighted by atomic mass is 35.5. The van der Waals surface area contributed by atoms with Crippen molar-refractivity contribution < 1.29 is 9.18 Å². The fraction of sp³-hybridized carbons (Fsp3) is 0.625. The van der Waals surface area contributed by atoms with Gasteiger partial charge in [0.05, 0.1) is 0 Å². The molecule has 0 amide bonds. The maximum absolute atomic E-state index is 13.1. The van der Waals surface area contributed by atoms with Crippen molar-refractivity contribution in [3.63, 3.8) is 0 Å². The van der Waals surface area contributed by atoms with Crippen molar-refractivity contribution in [2.75, 3.05) is 0 Å². The first-order valence-corrected chi connectivity index (χ1v) is 4.37. The lowest BCUT2D eigenvalue weighted by molar-refractivity contribution is -0.141. The number of Topliss-reactive ketones (excluding diaryl/α,β-unsaturated/α-hetero) is 1. The number of carbonyl (C=O) groups is 1. The Morgan fingerprint density at radius 2 is 2.08 bits per heavy atom. The van der Waals surface area contributed by atoms with Crippen LogP contribution in [0.15, 0.2) is 10.3 Å². The van der Waals surface area contributed by atoms with E-state index in [0.29, 0.717) is 0 Å². The quantitative estimate of drug-likeness (QED) is 0.650. The van der Waals surface area contributed by atoms with Gasteiger partial charge in [-0.25, -0.2) is 4.39 Å². The van der Waals surface area contributed by atoms with Crippen LogP contribution in [0.5, 0.6) is 0 Å². The second-order valence-corrected chi connectivity index (χ2v) is 4.46. The Kier molecular flexibility index (Phi) is 2.50. The molecule has 0 aromatic rings. The zero-order chi connectivity index (χ0) is 9.52. The molecule has 12 heavy (non-hydrogen) atoms. The zero-order valence-corrected chi connectivity index (χ0v) is 8.34. The van der Waals surface area contributed by atoms with E-state index in [1.165, 1.54) is 0 Å². The van der Waals surface area contributed by atoms with E-state index in [1.807, 2.05) is 0 Å². The molecular formula is C8H9Cl2FO. The highest BCUT2D eigenvalue weighted by Gasteiger charge is 2.50. The van der Waals surface area contributed by atoms with Crippen molar-refractivity contribution in [1.82, 2.24) is 0 Å². The Bertz CT molecular complexity index is 254. The second-order valence-electron chi connectivity index (χ2n) is 3.51. The number of carbonyl (C=O) groups excluding carboxylic acids is 1. The normalized spacial score (nSPS) is 26.4. The first kappa shape index (κ1) is 10.0. The minimum absolute atomic E-state index is 0.0530. The molecule has 0 aromatic carbocycles. The Hall–Kier alpha value is -0.0800. The lowest BCUT2D eigenvalue weighted by atomic mass is 9.61. The van der Waals surface area contributed by atoms with Gasteiger partial charge in [-0.05, 0) is 0 Å². The third kappa shape index (κ3) is 1.38. The summed E-state index contributed by atoms with van der Waals surface area (Å²) >= 11 is 10.5. The molecule has 0 radical (unpaired) electrons. The molecule has 0 aromatic heterocycles. The SMILES string of the molecule is CC1(C)C(=O)CC1C(F)=C(Cl)Cl. The zero-order valence-electron chi connectivity index (χ0n) is 6.83. The number of ketones is 1. The molecule has 0 saturated heterocycles. The van der Waals surface area contributed by atoms with Gasteiger partial charge in [0, 0.05) is 17.8 Å². The summed E-state index contributed by atoms with van der Waals surface area (Å²) in [5.41, 5.74) is -0.640. The fourth-order valence-electron chi connectivity index (χ4n) is 1.30. The van der Waals surface area contributed by atoms with E-state index in [-0.39, 0.29) is 16.7 Å². The van der Waals surface area contributed by atoms with E-state index in [9.17, 15) is 9.18 Å². The smallest absolute Gasteiger partial charge is 0.139 e. The maximum Gasteiger partial charge on any atom is 0.139 e. The molecule has 1 nitrogen and oxygen atoms in total. The molecule has 0 N–H and O–H groups in total. The summed E-state index contributed by atoms with van der Waals surface area (Å²) in [6.07, 6.45) is 0.210. The molecule has 1 aliphatic rings. The highest BCUT2D eigenvalue weighted by molar-refractivity contribution is 6.56. The van der Waals surface area contributed by atoms with Crippen LogP contribution in [0.2, 0.25) is 0 Å². The summed E-state index contributed by atoms with van der Waals surface area (Å²) in [5, 5.41) is 0. The predicted molar refractivity (Wildman–Crippen MR) is 46.7 cm³/mol. The largest absolute Gasteiger partial charge is 0.299 e. The number of hydrogen-bond donors (Lipinski definition) is 0. The minimum atomic E-state index is -0.640. The van der Waals surface area contributed by atoms with Gasteiger partial charge in [0.25, 0.3) is 0 Å². The van der Waals surface area contributed by atoms with Gasteiger partial charge in [0.2, 0.25) is 0 Å². The number of allylic oxidation sites excluding steroid dienone is 1. The Balaban J connectivity index is 2.84. The lowest BCUT2D eigenvalue weighted by Crippen LogP contribution is -2.45. The predicted octanol–water partition coefficient (Wildman–Crippen LogP) is 3.22. The summed E-state index contributed by atoms with van der Waals surface area (Å²) in [7, 11) is 0. The van der Waals surface area contributed by atoms with Gasteiger partial charge in [-0.15, -0.1) is 0 Å². The van der Waals surface area contributed by atoms with Crippen LogP contribution in [0.3, 0.4) is 0 Å². The van der Waals surface area contributed by atoms with Gasteiger partial charge >= 0.3 is 0 Å². The molecular weight excluding hydrogens is 202 g/mol. The minimum Gasteiger partial charge on any atom is -0.299 e. The lowest BCUT2D eigenvalue weighted by Gasteiger charge is -2.41. The summed E-state index contributed by atoms with van der Waals surface area (Å²) < 4.78 is 12.7. The van der Waals surface area contributed by atoms with Gasteiger partial charge in [0.15, 0.2) is 0 Å². The van der Waals surface area contributed by atoms with Crippen molar-refractivity contribution in [3.05, 3.63) is 10.3 Å². The number of rotatable bonds is 1. The van der Waals surface area contributed by atoms with E-state index < -0.39 is 17.2 Å². The van der Waals surface area contributed by atoms with Crippen LogP contribution in [-0.2, 0) is 4.79 Å². The summed E-state index contributed by atoms with van der Waals surface area (Å²) in [6.45, 7) is 3.39. The van der Waals surface area contributed by atoms with Gasteiger partial charge in [0.1, 0.15) is 16.1 Å². The molecule has 4 heteroatoms. The van der Waals surface area contributed by atoms with Crippen molar-refractivity contribution in [2.24, 2.45) is 11.3 Å². The molecule has 1 aliphatic carbocycles. The van der Waals surface area contributed by atoms with E-state index in [0.717, 1.165) is 0 Å². The molecule has 1 unspecified atom stereocenters. The van der Waals surface area contributed by atoms with Gasteiger partial charge in [-0.3, -0.25) is 4.79 Å². The Morgan fingerprint density at radius 1 is 1.58 bits per heavy atom. The van der Waals surface area contributed by atoms with E-state index >= 15 is 0 Å². The monoisotopic (exact) mass is 210 g/mol. The van der Waals surface area contributed by atoms with Crippen LogP contribution in [-0.4, -0.2) is 5.78 Å². The summed E-state index contributed by atoms with van der Waals surface area (Å²) in [4.78, 5) is 11.0. The van der Waals surface area contributed by atoms with Crippen LogP contribution in [0.25, 0.3) is 0 Å². The molecule has 1 atom stereocenters. The molecule has 0 heterocycles. The average molecular weight is 211 g/mol. The fourth-order valence-corrected chi connectivity index (χ4v) is 1.57. The average Bonchev–Trinajstić information content (AvgIpc) is 1.98. The summed E-state index contributed by atoms with van der Waals surface area (Å²) in [6, 6.07) is 0. The van der Waals surface area contributed by atoms with Crippen molar-refractivity contribution in [3.8, 4) is 0 Å². The third-order valence-electron chi connectivity index (χ3n) is 2.47. The Labute approximate surface area is 80.5 Å². The molecule has 1 rings (SSSR count). The van der Waals surface area contributed by atoms with Crippen LogP contribution >= 0.6 is 23.2 Å².